The van der Waals surface area contributed by atoms with Gasteiger partial charge in [-0.15, -0.1) is 10.2 Å². The Morgan fingerprint density at radius 1 is 1.26 bits per heavy atom. The van der Waals surface area contributed by atoms with E-state index in [1.165, 1.54) is 4.31 Å². The first-order chi connectivity index (χ1) is 8.89. The number of nitrogens with zero attached hydrogens (tertiary/aromatic N) is 4. The van der Waals surface area contributed by atoms with Crippen LogP contribution in [0.3, 0.4) is 0 Å². The minimum Gasteiger partial charge on any atom is -0.374 e. The third-order valence-electron chi connectivity index (χ3n) is 2.94. The third-order valence-corrected chi connectivity index (χ3v) is 5.93. The summed E-state index contributed by atoms with van der Waals surface area (Å²) in [5.74, 6) is 0.589. The molecule has 0 aliphatic carbocycles. The summed E-state index contributed by atoms with van der Waals surface area (Å²) in [5, 5.41) is 7.37. The largest absolute Gasteiger partial charge is 0.374 e. The summed E-state index contributed by atoms with van der Waals surface area (Å²) in [5.41, 5.74) is 5.44. The van der Waals surface area contributed by atoms with Crippen LogP contribution in [0.15, 0.2) is 4.34 Å². The van der Waals surface area contributed by atoms with E-state index in [0.717, 1.165) is 31.0 Å². The average molecular weight is 305 g/mol. The molecule has 9 heteroatoms. The van der Waals surface area contributed by atoms with Gasteiger partial charge in [-0.3, -0.25) is 0 Å². The predicted molar refractivity (Wildman–Crippen MR) is 74.4 cm³/mol. The van der Waals surface area contributed by atoms with Crippen molar-refractivity contribution in [2.75, 3.05) is 38.5 Å². The van der Waals surface area contributed by atoms with Crippen molar-refractivity contribution in [3.63, 3.8) is 0 Å². The van der Waals surface area contributed by atoms with Gasteiger partial charge < -0.3 is 10.6 Å². The summed E-state index contributed by atoms with van der Waals surface area (Å²) in [7, 11) is -3.52. The van der Waals surface area contributed by atoms with Crippen molar-refractivity contribution in [1.82, 2.24) is 19.4 Å². The van der Waals surface area contributed by atoms with E-state index < -0.39 is 10.0 Å². The first-order valence-electron chi connectivity index (χ1n) is 6.21. The lowest BCUT2D eigenvalue weighted by atomic mass is 10.2. The van der Waals surface area contributed by atoms with Gasteiger partial charge in [-0.2, -0.15) is 4.31 Å². The van der Waals surface area contributed by atoms with Gasteiger partial charge in [0.15, 0.2) is 0 Å². The van der Waals surface area contributed by atoms with E-state index in [1.54, 1.807) is 0 Å². The fourth-order valence-electron chi connectivity index (χ4n) is 2.10. The Labute approximate surface area is 117 Å². The topological polar surface area (TPSA) is 92.4 Å². The molecule has 0 aromatic carbocycles. The molecule has 7 nitrogen and oxygen atoms in total. The quantitative estimate of drug-likeness (QED) is 0.847. The third kappa shape index (κ3) is 3.41. The summed E-state index contributed by atoms with van der Waals surface area (Å²) in [6.45, 7) is 7.82. The number of nitrogens with two attached hydrogens (primary N) is 1. The highest BCUT2D eigenvalue weighted by atomic mass is 32.2. The number of nitrogen functional groups attached to an aromatic ring is 1. The van der Waals surface area contributed by atoms with E-state index in [9.17, 15) is 8.42 Å². The maximum absolute atomic E-state index is 12.3. The Kier molecular flexibility index (Phi) is 4.39. The minimum absolute atomic E-state index is 0.0118. The monoisotopic (exact) mass is 305 g/mol. The summed E-state index contributed by atoms with van der Waals surface area (Å²) in [6.07, 6.45) is 0. The molecule has 2 N–H and O–H groups in total. The zero-order valence-corrected chi connectivity index (χ0v) is 12.7. The maximum Gasteiger partial charge on any atom is 0.272 e. The minimum atomic E-state index is -3.52. The fourth-order valence-corrected chi connectivity index (χ4v) is 4.45. The van der Waals surface area contributed by atoms with Crippen molar-refractivity contribution in [2.45, 2.75) is 18.2 Å². The van der Waals surface area contributed by atoms with Crippen molar-refractivity contribution in [3.8, 4) is 0 Å². The molecule has 2 heterocycles. The van der Waals surface area contributed by atoms with Gasteiger partial charge >= 0.3 is 0 Å². The van der Waals surface area contributed by atoms with Gasteiger partial charge in [-0.05, 0) is 5.92 Å². The molecule has 2 rings (SSSR count). The van der Waals surface area contributed by atoms with Gasteiger partial charge in [0.25, 0.3) is 10.0 Å². The molecule has 0 amide bonds. The van der Waals surface area contributed by atoms with Crippen molar-refractivity contribution in [3.05, 3.63) is 0 Å². The molecule has 19 heavy (non-hydrogen) atoms. The van der Waals surface area contributed by atoms with Crippen LogP contribution in [0.2, 0.25) is 0 Å². The standard InChI is InChI=1S/C10H19N5O2S2/c1-8(2)7-14-3-5-15(6-4-14)19(16,17)10-13-12-9(11)18-10/h8H,3-7H2,1-2H3,(H2,11,12). The second-order valence-electron chi connectivity index (χ2n) is 5.00. The van der Waals surface area contributed by atoms with Crippen molar-refractivity contribution in [2.24, 2.45) is 5.92 Å². The zero-order valence-electron chi connectivity index (χ0n) is 11.1. The van der Waals surface area contributed by atoms with E-state index in [0.29, 0.717) is 19.0 Å². The first kappa shape index (κ1) is 14.6. The van der Waals surface area contributed by atoms with Crippen LogP contribution in [0.1, 0.15) is 13.8 Å². The predicted octanol–water partition coefficient (Wildman–Crippen LogP) is 0.0826. The molecule has 1 aromatic heterocycles. The zero-order chi connectivity index (χ0) is 14.0. The smallest absolute Gasteiger partial charge is 0.272 e. The molecule has 0 unspecified atom stereocenters. The molecule has 1 aliphatic heterocycles. The number of rotatable bonds is 4. The molecule has 1 aromatic rings. The van der Waals surface area contributed by atoms with Crippen LogP contribution in [-0.4, -0.2) is 60.5 Å². The Morgan fingerprint density at radius 3 is 2.37 bits per heavy atom. The molecule has 108 valence electrons. The summed E-state index contributed by atoms with van der Waals surface area (Å²) < 4.78 is 26.0. The average Bonchev–Trinajstić information content (AvgIpc) is 2.76. The molecule has 0 saturated carbocycles. The molecule has 0 atom stereocenters. The molecule has 0 bridgehead atoms. The molecule has 1 aliphatic rings. The lowest BCUT2D eigenvalue weighted by Gasteiger charge is -2.34. The normalized spacial score (nSPS) is 19.1. The molecule has 1 saturated heterocycles. The lowest BCUT2D eigenvalue weighted by Crippen LogP contribution is -2.49. The van der Waals surface area contributed by atoms with Crippen LogP contribution in [0.25, 0.3) is 0 Å². The van der Waals surface area contributed by atoms with E-state index >= 15 is 0 Å². The Bertz CT molecular complexity index is 520. The van der Waals surface area contributed by atoms with Crippen LogP contribution >= 0.6 is 11.3 Å². The number of piperazine rings is 1. The number of sulfonamides is 1. The Morgan fingerprint density at radius 2 is 1.89 bits per heavy atom. The Hall–Kier alpha value is -0.770. The van der Waals surface area contributed by atoms with Gasteiger partial charge in [-0.1, -0.05) is 25.2 Å². The van der Waals surface area contributed by atoms with Crippen molar-refractivity contribution < 1.29 is 8.42 Å². The van der Waals surface area contributed by atoms with Crippen LogP contribution in [-0.2, 0) is 10.0 Å². The van der Waals surface area contributed by atoms with E-state index in [-0.39, 0.29) is 9.47 Å². The summed E-state index contributed by atoms with van der Waals surface area (Å²) in [4.78, 5) is 2.28. The SMILES string of the molecule is CC(C)CN1CCN(S(=O)(=O)c2nnc(N)s2)CC1. The van der Waals surface area contributed by atoms with Gasteiger partial charge in [-0.25, -0.2) is 8.42 Å². The number of hydrogen-bond donors (Lipinski definition) is 1. The molecular weight excluding hydrogens is 286 g/mol. The lowest BCUT2D eigenvalue weighted by molar-refractivity contribution is 0.172. The molecule has 0 radical (unpaired) electrons. The molecule has 0 spiro atoms. The van der Waals surface area contributed by atoms with E-state index in [1.807, 2.05) is 0 Å². The summed E-state index contributed by atoms with van der Waals surface area (Å²) >= 11 is 0.912. The van der Waals surface area contributed by atoms with Crippen LogP contribution in [0.5, 0.6) is 0 Å². The van der Waals surface area contributed by atoms with Gasteiger partial charge in [0.05, 0.1) is 0 Å². The molecule has 1 fully saturated rings. The number of anilines is 1. The molecular formula is C10H19N5O2S2. The highest BCUT2D eigenvalue weighted by Crippen LogP contribution is 2.22. The second kappa shape index (κ2) is 5.70. The van der Waals surface area contributed by atoms with Gasteiger partial charge in [0.1, 0.15) is 0 Å². The van der Waals surface area contributed by atoms with Crippen LogP contribution in [0, 0.1) is 5.92 Å². The number of hydrogen-bond acceptors (Lipinski definition) is 7. The number of aromatic nitrogens is 2. The first-order valence-corrected chi connectivity index (χ1v) is 8.46. The van der Waals surface area contributed by atoms with E-state index in [2.05, 4.69) is 28.9 Å². The van der Waals surface area contributed by atoms with Crippen LogP contribution < -0.4 is 5.73 Å². The summed E-state index contributed by atoms with van der Waals surface area (Å²) in [6, 6.07) is 0. The highest BCUT2D eigenvalue weighted by molar-refractivity contribution is 7.91. The van der Waals surface area contributed by atoms with Crippen molar-refractivity contribution >= 4 is 26.5 Å². The van der Waals surface area contributed by atoms with Crippen LogP contribution in [0.4, 0.5) is 5.13 Å². The highest BCUT2D eigenvalue weighted by Gasteiger charge is 2.31. The maximum atomic E-state index is 12.3. The van der Waals surface area contributed by atoms with Gasteiger partial charge in [0.2, 0.25) is 9.47 Å². The van der Waals surface area contributed by atoms with E-state index in [4.69, 9.17) is 5.73 Å². The Balaban J connectivity index is 2.01. The van der Waals surface area contributed by atoms with Gasteiger partial charge in [0, 0.05) is 32.7 Å². The fraction of sp³-hybridized carbons (Fsp3) is 0.800. The second-order valence-corrected chi connectivity index (χ2v) is 8.13. The van der Waals surface area contributed by atoms with Crippen molar-refractivity contribution in [1.29, 1.82) is 0 Å².